The molecule has 0 spiro atoms. The summed E-state index contributed by atoms with van der Waals surface area (Å²) in [6.07, 6.45) is 3.20. The fourth-order valence-electron chi connectivity index (χ4n) is 0.889. The van der Waals surface area contributed by atoms with E-state index in [1.54, 1.807) is 0 Å². The predicted molar refractivity (Wildman–Crippen MR) is 52.1 cm³/mol. The van der Waals surface area contributed by atoms with E-state index in [-0.39, 0.29) is 0 Å². The van der Waals surface area contributed by atoms with Crippen LogP contribution in [0.2, 0.25) is 0 Å². The molecule has 0 amide bonds. The normalized spacial score (nSPS) is 13.5. The first-order valence-corrected chi connectivity index (χ1v) is 4.94. The van der Waals surface area contributed by atoms with Gasteiger partial charge in [0.15, 0.2) is 0 Å². The lowest BCUT2D eigenvalue weighted by Crippen LogP contribution is -2.06. The molecular formula is C7H16OS2. The van der Waals surface area contributed by atoms with Gasteiger partial charge in [-0.25, -0.2) is 0 Å². The second kappa shape index (κ2) is 7.76. The number of aliphatic hydroxyl groups excluding tert-OH is 1. The Balaban J connectivity index is 3.21. The molecule has 0 aliphatic carbocycles. The molecule has 1 nitrogen and oxygen atoms in total. The van der Waals surface area contributed by atoms with Gasteiger partial charge < -0.3 is 5.11 Å². The fraction of sp³-hybridized carbons (Fsp3) is 1.00. The van der Waals surface area contributed by atoms with Crippen LogP contribution in [0.15, 0.2) is 0 Å². The van der Waals surface area contributed by atoms with Crippen LogP contribution >= 0.6 is 25.3 Å². The molecule has 10 heavy (non-hydrogen) atoms. The lowest BCUT2D eigenvalue weighted by atomic mass is 10.0. The first-order valence-electron chi connectivity index (χ1n) is 3.67. The minimum absolute atomic E-state index is 0.300. The Bertz CT molecular complexity index is 68.6. The van der Waals surface area contributed by atoms with Crippen LogP contribution in [0, 0.1) is 5.92 Å². The summed E-state index contributed by atoms with van der Waals surface area (Å²) in [7, 11) is 0. The van der Waals surface area contributed by atoms with Crippen LogP contribution in [0.25, 0.3) is 0 Å². The summed E-state index contributed by atoms with van der Waals surface area (Å²) in [5.74, 6) is 2.24. The van der Waals surface area contributed by atoms with E-state index in [9.17, 15) is 0 Å². The van der Waals surface area contributed by atoms with E-state index >= 15 is 0 Å². The van der Waals surface area contributed by atoms with Crippen molar-refractivity contribution in [3.05, 3.63) is 0 Å². The first kappa shape index (κ1) is 10.7. The number of aliphatic hydroxyl groups is 1. The average molecular weight is 180 g/mol. The molecular weight excluding hydrogens is 164 g/mol. The monoisotopic (exact) mass is 180 g/mol. The molecule has 0 aliphatic rings. The summed E-state index contributed by atoms with van der Waals surface area (Å²) < 4.78 is 0. The van der Waals surface area contributed by atoms with Crippen LogP contribution in [0.1, 0.15) is 19.3 Å². The van der Waals surface area contributed by atoms with Gasteiger partial charge >= 0.3 is 0 Å². The maximum absolute atomic E-state index is 8.82. The van der Waals surface area contributed by atoms with Crippen molar-refractivity contribution in [1.82, 2.24) is 0 Å². The topological polar surface area (TPSA) is 20.2 Å². The Kier molecular flexibility index (Phi) is 8.28. The lowest BCUT2D eigenvalue weighted by molar-refractivity contribution is 0.215. The summed E-state index contributed by atoms with van der Waals surface area (Å²) >= 11 is 8.21. The van der Waals surface area contributed by atoms with E-state index in [0.29, 0.717) is 12.5 Å². The molecule has 0 aromatic rings. The van der Waals surface area contributed by atoms with E-state index in [2.05, 4.69) is 25.3 Å². The first-order chi connectivity index (χ1) is 4.85. The molecule has 0 aliphatic heterocycles. The number of hydrogen-bond acceptors (Lipinski definition) is 3. The largest absolute Gasteiger partial charge is 0.396 e. The van der Waals surface area contributed by atoms with Crippen LogP contribution in [0.3, 0.4) is 0 Å². The highest BCUT2D eigenvalue weighted by molar-refractivity contribution is 7.80. The van der Waals surface area contributed by atoms with E-state index < -0.39 is 0 Å². The van der Waals surface area contributed by atoms with Crippen molar-refractivity contribution in [3.63, 3.8) is 0 Å². The summed E-state index contributed by atoms with van der Waals surface area (Å²) in [6, 6.07) is 0. The number of thiol groups is 2. The fourth-order valence-corrected chi connectivity index (χ4v) is 1.44. The molecule has 0 bridgehead atoms. The van der Waals surface area contributed by atoms with Gasteiger partial charge in [0, 0.05) is 6.61 Å². The van der Waals surface area contributed by atoms with Crippen molar-refractivity contribution < 1.29 is 5.11 Å². The van der Waals surface area contributed by atoms with Crippen LogP contribution < -0.4 is 0 Å². The van der Waals surface area contributed by atoms with Gasteiger partial charge in [-0.2, -0.15) is 25.3 Å². The van der Waals surface area contributed by atoms with Gasteiger partial charge in [-0.05, 0) is 36.7 Å². The summed E-state index contributed by atoms with van der Waals surface area (Å²) in [6.45, 7) is 0.300. The summed E-state index contributed by atoms with van der Waals surface area (Å²) in [5.41, 5.74) is 0. The molecule has 3 heteroatoms. The summed E-state index contributed by atoms with van der Waals surface area (Å²) in [4.78, 5) is 0. The highest BCUT2D eigenvalue weighted by Gasteiger charge is 2.04. The Morgan fingerprint density at radius 3 is 2.20 bits per heavy atom. The maximum Gasteiger partial charge on any atom is 0.0459 e. The van der Waals surface area contributed by atoms with Gasteiger partial charge in [0.05, 0.1) is 0 Å². The van der Waals surface area contributed by atoms with Gasteiger partial charge in [-0.15, -0.1) is 0 Å². The Morgan fingerprint density at radius 1 is 1.10 bits per heavy atom. The highest BCUT2D eigenvalue weighted by atomic mass is 32.1. The van der Waals surface area contributed by atoms with Crippen molar-refractivity contribution in [3.8, 4) is 0 Å². The van der Waals surface area contributed by atoms with E-state index in [1.807, 2.05) is 0 Å². The lowest BCUT2D eigenvalue weighted by Gasteiger charge is -2.10. The van der Waals surface area contributed by atoms with Gasteiger partial charge in [-0.3, -0.25) is 0 Å². The third-order valence-corrected chi connectivity index (χ3v) is 2.14. The van der Waals surface area contributed by atoms with Crippen molar-refractivity contribution in [2.24, 2.45) is 5.92 Å². The molecule has 0 heterocycles. The number of hydrogen-bond donors (Lipinski definition) is 3. The molecule has 1 N–H and O–H groups in total. The number of rotatable bonds is 6. The smallest absolute Gasteiger partial charge is 0.0459 e. The molecule has 0 saturated heterocycles. The van der Waals surface area contributed by atoms with E-state index in [1.165, 1.54) is 0 Å². The third-order valence-electron chi connectivity index (χ3n) is 1.57. The van der Waals surface area contributed by atoms with Gasteiger partial charge in [0.1, 0.15) is 0 Å². The van der Waals surface area contributed by atoms with Crippen molar-refractivity contribution in [2.75, 3.05) is 18.1 Å². The average Bonchev–Trinajstić information content (AvgIpc) is 1.98. The van der Waals surface area contributed by atoms with Gasteiger partial charge in [-0.1, -0.05) is 0 Å². The molecule has 62 valence electrons. The molecule has 0 saturated carbocycles. The minimum atomic E-state index is 0.300. The standard InChI is InChI=1S/C7H16OS2/c8-6-7(3-5-10)2-1-4-9/h7-10H,1-6H2. The van der Waals surface area contributed by atoms with Crippen molar-refractivity contribution in [1.29, 1.82) is 0 Å². The van der Waals surface area contributed by atoms with Crippen LogP contribution in [0.5, 0.6) is 0 Å². The maximum atomic E-state index is 8.82. The van der Waals surface area contributed by atoms with Gasteiger partial charge in [0.25, 0.3) is 0 Å². The van der Waals surface area contributed by atoms with E-state index in [0.717, 1.165) is 30.8 Å². The molecule has 0 aromatic carbocycles. The zero-order chi connectivity index (χ0) is 7.82. The zero-order valence-electron chi connectivity index (χ0n) is 6.16. The highest BCUT2D eigenvalue weighted by Crippen LogP contribution is 2.11. The molecule has 1 unspecified atom stereocenters. The third kappa shape index (κ3) is 5.45. The molecule has 1 atom stereocenters. The van der Waals surface area contributed by atoms with Crippen LogP contribution in [-0.4, -0.2) is 23.2 Å². The van der Waals surface area contributed by atoms with Crippen LogP contribution in [-0.2, 0) is 0 Å². The van der Waals surface area contributed by atoms with Gasteiger partial charge in [0.2, 0.25) is 0 Å². The zero-order valence-corrected chi connectivity index (χ0v) is 7.95. The molecule has 0 aromatic heterocycles. The second-order valence-electron chi connectivity index (χ2n) is 2.43. The van der Waals surface area contributed by atoms with Crippen molar-refractivity contribution in [2.45, 2.75) is 19.3 Å². The predicted octanol–water partition coefficient (Wildman–Crippen LogP) is 1.62. The second-order valence-corrected chi connectivity index (χ2v) is 3.32. The van der Waals surface area contributed by atoms with E-state index in [4.69, 9.17) is 5.11 Å². The SMILES string of the molecule is OCC(CCS)CCCS. The molecule has 0 radical (unpaired) electrons. The minimum Gasteiger partial charge on any atom is -0.396 e. The Morgan fingerprint density at radius 2 is 1.80 bits per heavy atom. The summed E-state index contributed by atoms with van der Waals surface area (Å²) in [5, 5.41) is 8.82. The van der Waals surface area contributed by atoms with Crippen LogP contribution in [0.4, 0.5) is 0 Å². The van der Waals surface area contributed by atoms with Crippen molar-refractivity contribution >= 4 is 25.3 Å². The molecule has 0 rings (SSSR count). The Hall–Kier alpha value is 0.660. The quantitative estimate of drug-likeness (QED) is 0.531. The molecule has 0 fully saturated rings. The Labute approximate surface area is 74.0 Å².